The topological polar surface area (TPSA) is 87.7 Å². The van der Waals surface area contributed by atoms with E-state index in [1.165, 1.54) is 12.8 Å². The summed E-state index contributed by atoms with van der Waals surface area (Å²) < 4.78 is 49.1. The Morgan fingerprint density at radius 1 is 1.12 bits per heavy atom. The Morgan fingerprint density at radius 3 is 2.59 bits per heavy atom. The number of hydrogen-bond donors (Lipinski definition) is 2. The second kappa shape index (κ2) is 7.98. The smallest absolute Gasteiger partial charge is 0.326 e. The van der Waals surface area contributed by atoms with Crippen LogP contribution in [0.3, 0.4) is 0 Å². The summed E-state index contributed by atoms with van der Waals surface area (Å²) >= 11 is 0. The van der Waals surface area contributed by atoms with Gasteiger partial charge >= 0.3 is 10.2 Å². The molecule has 9 heteroatoms. The largest absolute Gasteiger partial charge is 0.487 e. The fourth-order valence-corrected chi connectivity index (χ4v) is 4.91. The minimum atomic E-state index is -4.20. The number of nitrogens with zero attached hydrogens (tertiary/aromatic N) is 1. The average Bonchev–Trinajstić information content (AvgIpc) is 3.55. The summed E-state index contributed by atoms with van der Waals surface area (Å²) in [6.45, 7) is 0.477. The van der Waals surface area contributed by atoms with Crippen LogP contribution in [0.2, 0.25) is 0 Å². The number of carbonyl (C=O) groups excluding carboxylic acids is 1. The molecular formula is C23H22FN3O4S. The van der Waals surface area contributed by atoms with Crippen molar-refractivity contribution in [3.8, 4) is 5.75 Å². The number of benzene rings is 3. The maximum Gasteiger partial charge on any atom is 0.326 e. The maximum absolute atomic E-state index is 15.7. The van der Waals surface area contributed by atoms with Gasteiger partial charge in [0.2, 0.25) is 0 Å². The number of halogens is 1. The van der Waals surface area contributed by atoms with E-state index in [-0.39, 0.29) is 23.4 Å². The molecule has 32 heavy (non-hydrogen) atoms. The molecule has 1 aliphatic carbocycles. The van der Waals surface area contributed by atoms with Crippen molar-refractivity contribution < 1.29 is 22.3 Å². The lowest BCUT2D eigenvalue weighted by atomic mass is 10.1. The van der Waals surface area contributed by atoms with Gasteiger partial charge in [-0.2, -0.15) is 8.42 Å². The van der Waals surface area contributed by atoms with Gasteiger partial charge in [0.1, 0.15) is 24.6 Å². The van der Waals surface area contributed by atoms with E-state index >= 15 is 4.39 Å². The lowest BCUT2D eigenvalue weighted by Gasteiger charge is -2.21. The van der Waals surface area contributed by atoms with E-state index in [0.717, 1.165) is 22.1 Å². The number of nitrogens with one attached hydrogen (secondary N) is 2. The molecule has 0 aromatic heterocycles. The van der Waals surface area contributed by atoms with E-state index in [1.54, 1.807) is 18.2 Å². The molecule has 0 radical (unpaired) electrons. The molecule has 1 saturated carbocycles. The highest BCUT2D eigenvalue weighted by Gasteiger charge is 2.38. The molecule has 2 fully saturated rings. The normalized spacial score (nSPS) is 17.4. The van der Waals surface area contributed by atoms with Crippen molar-refractivity contribution in [2.75, 3.05) is 22.7 Å². The summed E-state index contributed by atoms with van der Waals surface area (Å²) in [6.07, 6.45) is 2.43. The van der Waals surface area contributed by atoms with E-state index in [4.69, 9.17) is 4.74 Å². The van der Waals surface area contributed by atoms with Gasteiger partial charge in [-0.15, -0.1) is 0 Å². The van der Waals surface area contributed by atoms with Gasteiger partial charge in [0.05, 0.1) is 0 Å². The molecular weight excluding hydrogens is 433 g/mol. The van der Waals surface area contributed by atoms with Gasteiger partial charge in [-0.05, 0) is 54.0 Å². The first-order valence-electron chi connectivity index (χ1n) is 10.4. The maximum atomic E-state index is 15.7. The van der Waals surface area contributed by atoms with Gasteiger partial charge in [0, 0.05) is 17.6 Å². The van der Waals surface area contributed by atoms with Crippen molar-refractivity contribution in [3.63, 3.8) is 0 Å². The molecule has 1 heterocycles. The van der Waals surface area contributed by atoms with Gasteiger partial charge in [0.25, 0.3) is 5.91 Å². The van der Waals surface area contributed by atoms with Gasteiger partial charge in [0.15, 0.2) is 5.82 Å². The molecule has 3 aromatic carbocycles. The van der Waals surface area contributed by atoms with Gasteiger partial charge in [-0.3, -0.25) is 4.79 Å². The van der Waals surface area contributed by atoms with Crippen molar-refractivity contribution in [2.45, 2.75) is 19.4 Å². The molecule has 3 aromatic rings. The van der Waals surface area contributed by atoms with E-state index in [9.17, 15) is 13.2 Å². The van der Waals surface area contributed by atoms with Crippen molar-refractivity contribution in [3.05, 3.63) is 66.0 Å². The summed E-state index contributed by atoms with van der Waals surface area (Å²) in [5, 5.41) is 4.18. The van der Waals surface area contributed by atoms with Crippen LogP contribution in [-0.2, 0) is 21.6 Å². The third kappa shape index (κ3) is 4.08. The van der Waals surface area contributed by atoms with Gasteiger partial charge in [-0.25, -0.2) is 13.4 Å². The van der Waals surface area contributed by atoms with Crippen LogP contribution < -0.4 is 19.1 Å². The van der Waals surface area contributed by atoms with Crippen LogP contribution in [0.15, 0.2) is 54.6 Å². The molecule has 0 atom stereocenters. The Hall–Kier alpha value is -3.33. The van der Waals surface area contributed by atoms with E-state index < -0.39 is 28.5 Å². The predicted octanol–water partition coefficient (Wildman–Crippen LogP) is 3.56. The molecule has 2 N–H and O–H groups in total. The highest BCUT2D eigenvalue weighted by atomic mass is 32.2. The Labute approximate surface area is 185 Å². The quantitative estimate of drug-likeness (QED) is 0.569. The summed E-state index contributed by atoms with van der Waals surface area (Å²) in [5.74, 6) is -0.740. The summed E-state index contributed by atoms with van der Waals surface area (Å²) in [7, 11) is -4.20. The number of anilines is 2. The number of amides is 1. The van der Waals surface area contributed by atoms with E-state index in [0.29, 0.717) is 11.3 Å². The van der Waals surface area contributed by atoms with Crippen LogP contribution in [0.4, 0.5) is 15.8 Å². The molecule has 7 nitrogen and oxygen atoms in total. The molecule has 2 aliphatic rings. The molecule has 0 spiro atoms. The first-order valence-corrected chi connectivity index (χ1v) is 11.8. The Balaban J connectivity index is 1.57. The Morgan fingerprint density at radius 2 is 1.91 bits per heavy atom. The second-order valence-corrected chi connectivity index (χ2v) is 9.70. The van der Waals surface area contributed by atoms with Gasteiger partial charge in [-0.1, -0.05) is 30.3 Å². The second-order valence-electron chi connectivity index (χ2n) is 8.11. The lowest BCUT2D eigenvalue weighted by Crippen LogP contribution is -2.30. The molecule has 1 amide bonds. The molecule has 5 rings (SSSR count). The summed E-state index contributed by atoms with van der Waals surface area (Å²) in [5.41, 5.74) is 1.43. The van der Waals surface area contributed by atoms with Crippen LogP contribution in [0.25, 0.3) is 10.8 Å². The summed E-state index contributed by atoms with van der Waals surface area (Å²) in [4.78, 5) is 11.8. The Kier molecular flexibility index (Phi) is 5.13. The van der Waals surface area contributed by atoms with Crippen LogP contribution in [0, 0.1) is 11.7 Å². The molecule has 0 bridgehead atoms. The average molecular weight is 456 g/mol. The molecule has 1 saturated heterocycles. The summed E-state index contributed by atoms with van der Waals surface area (Å²) in [6, 6.07) is 16.1. The standard InChI is InChI=1S/C23H22FN3O4S/c24-22-19-9-8-18(25-12-15-6-7-15)10-17(19)11-20(31-14-16-4-2-1-3-5-16)23(22)27-13-21(28)26-32(27,29)30/h1-5,8-11,15,25H,6-7,12-14H2,(H,26,28). The number of carbonyl (C=O) groups is 1. The zero-order chi connectivity index (χ0) is 22.3. The van der Waals surface area contributed by atoms with Crippen LogP contribution in [-0.4, -0.2) is 27.4 Å². The molecule has 0 unspecified atom stereocenters. The monoisotopic (exact) mass is 455 g/mol. The van der Waals surface area contributed by atoms with E-state index in [1.807, 2.05) is 41.1 Å². The van der Waals surface area contributed by atoms with Crippen LogP contribution >= 0.6 is 0 Å². The number of ether oxygens (including phenoxy) is 1. The fraction of sp³-hybridized carbons (Fsp3) is 0.261. The fourth-order valence-electron chi connectivity index (χ4n) is 3.75. The number of rotatable bonds is 7. The zero-order valence-electron chi connectivity index (χ0n) is 17.2. The van der Waals surface area contributed by atoms with Crippen molar-refractivity contribution in [1.29, 1.82) is 0 Å². The zero-order valence-corrected chi connectivity index (χ0v) is 18.0. The highest BCUT2D eigenvalue weighted by molar-refractivity contribution is 7.92. The van der Waals surface area contributed by atoms with Crippen LogP contribution in [0.5, 0.6) is 5.75 Å². The minimum absolute atomic E-state index is 0.0540. The van der Waals surface area contributed by atoms with Crippen molar-refractivity contribution in [2.24, 2.45) is 5.92 Å². The first kappa shape index (κ1) is 20.6. The Bertz CT molecular complexity index is 1290. The molecule has 1 aliphatic heterocycles. The SMILES string of the molecule is O=C1CN(c2c(OCc3ccccc3)cc3cc(NCC4CC4)ccc3c2F)S(=O)(=O)N1. The minimum Gasteiger partial charge on any atom is -0.487 e. The van der Waals surface area contributed by atoms with Crippen LogP contribution in [0.1, 0.15) is 18.4 Å². The third-order valence-corrected chi connectivity index (χ3v) is 6.99. The molecule has 166 valence electrons. The van der Waals surface area contributed by atoms with Crippen molar-refractivity contribution >= 4 is 38.3 Å². The first-order chi connectivity index (χ1) is 15.4. The van der Waals surface area contributed by atoms with Crippen molar-refractivity contribution in [1.82, 2.24) is 4.72 Å². The highest BCUT2D eigenvalue weighted by Crippen LogP contribution is 2.40. The van der Waals surface area contributed by atoms with E-state index in [2.05, 4.69) is 5.32 Å². The number of hydrogen-bond acceptors (Lipinski definition) is 5. The number of fused-ring (bicyclic) bond motifs is 1. The predicted molar refractivity (Wildman–Crippen MR) is 120 cm³/mol. The third-order valence-electron chi connectivity index (χ3n) is 5.61. The van der Waals surface area contributed by atoms with Gasteiger partial charge < -0.3 is 10.1 Å². The lowest BCUT2D eigenvalue weighted by molar-refractivity contribution is -0.117.